The number of benzene rings is 4. The van der Waals surface area contributed by atoms with Crippen molar-refractivity contribution in [1.29, 1.82) is 0 Å². The van der Waals surface area contributed by atoms with Gasteiger partial charge in [0.05, 0.1) is 26.2 Å². The largest absolute Gasteiger partial charge is 0.497 e. The van der Waals surface area contributed by atoms with E-state index in [4.69, 9.17) is 9.47 Å². The molecule has 0 saturated heterocycles. The van der Waals surface area contributed by atoms with Crippen molar-refractivity contribution in [2.24, 2.45) is 0 Å². The van der Waals surface area contributed by atoms with Crippen LogP contribution in [0, 0.1) is 6.92 Å². The molecule has 37 heavy (non-hydrogen) atoms. The second-order valence-electron chi connectivity index (χ2n) is 9.01. The van der Waals surface area contributed by atoms with Gasteiger partial charge in [0.1, 0.15) is 11.5 Å². The molecule has 4 aromatic rings. The van der Waals surface area contributed by atoms with E-state index in [9.17, 15) is 9.59 Å². The first-order chi connectivity index (χ1) is 18.0. The topological polar surface area (TPSA) is 67.9 Å². The second-order valence-corrected chi connectivity index (χ2v) is 9.01. The highest BCUT2D eigenvalue weighted by atomic mass is 16.5. The van der Waals surface area contributed by atoms with Crippen LogP contribution in [0.1, 0.15) is 39.0 Å². The Morgan fingerprint density at radius 2 is 1.46 bits per heavy atom. The molecule has 4 aromatic carbocycles. The van der Waals surface area contributed by atoms with Crippen molar-refractivity contribution in [1.82, 2.24) is 0 Å². The van der Waals surface area contributed by atoms with Crippen molar-refractivity contribution in [2.75, 3.05) is 24.4 Å². The number of ether oxygens (including phenoxy) is 2. The Balaban J connectivity index is 1.68. The van der Waals surface area contributed by atoms with E-state index in [0.29, 0.717) is 34.0 Å². The zero-order valence-corrected chi connectivity index (χ0v) is 21.0. The van der Waals surface area contributed by atoms with Crippen molar-refractivity contribution in [3.05, 3.63) is 119 Å². The summed E-state index contributed by atoms with van der Waals surface area (Å²) in [6.07, 6.45) is 0. The number of amides is 2. The number of carbonyl (C=O) groups is 2. The average molecular weight is 493 g/mol. The first kappa shape index (κ1) is 24.1. The molecule has 0 aliphatic carbocycles. The Hall–Kier alpha value is -4.58. The molecule has 5 rings (SSSR count). The lowest BCUT2D eigenvalue weighted by Crippen LogP contribution is -2.46. The van der Waals surface area contributed by atoms with Crippen LogP contribution in [-0.2, 0) is 4.79 Å². The van der Waals surface area contributed by atoms with Gasteiger partial charge in [-0.15, -0.1) is 0 Å². The molecule has 1 aliphatic rings. The number of nitrogens with one attached hydrogen (secondary N) is 1. The molecule has 0 unspecified atom stereocenters. The van der Waals surface area contributed by atoms with Crippen LogP contribution in [0.15, 0.2) is 97.1 Å². The second kappa shape index (κ2) is 10.2. The van der Waals surface area contributed by atoms with Gasteiger partial charge in [0.15, 0.2) is 0 Å². The van der Waals surface area contributed by atoms with Crippen LogP contribution in [0.4, 0.5) is 11.4 Å². The highest BCUT2D eigenvalue weighted by Crippen LogP contribution is 2.46. The van der Waals surface area contributed by atoms with Gasteiger partial charge < -0.3 is 14.8 Å². The quantitative estimate of drug-likeness (QED) is 0.351. The smallest absolute Gasteiger partial charge is 0.259 e. The monoisotopic (exact) mass is 492 g/mol. The summed E-state index contributed by atoms with van der Waals surface area (Å²) in [4.78, 5) is 29.7. The molecule has 2 amide bonds. The van der Waals surface area contributed by atoms with E-state index < -0.39 is 12.0 Å². The summed E-state index contributed by atoms with van der Waals surface area (Å²) < 4.78 is 10.7. The molecule has 186 valence electrons. The van der Waals surface area contributed by atoms with Gasteiger partial charge in [-0.3, -0.25) is 14.5 Å². The number of nitrogens with zero attached hydrogens (tertiary/aromatic N) is 1. The number of methoxy groups -OCH3 is 2. The van der Waals surface area contributed by atoms with E-state index in [-0.39, 0.29) is 11.8 Å². The van der Waals surface area contributed by atoms with Gasteiger partial charge in [-0.05, 0) is 78.2 Å². The molecule has 0 saturated carbocycles. The lowest BCUT2D eigenvalue weighted by molar-refractivity contribution is -0.118. The van der Waals surface area contributed by atoms with E-state index in [1.54, 1.807) is 25.2 Å². The van der Waals surface area contributed by atoms with E-state index >= 15 is 0 Å². The summed E-state index contributed by atoms with van der Waals surface area (Å²) in [6, 6.07) is 29.3. The fraction of sp³-hybridized carbons (Fsp3) is 0.161. The molecule has 0 fully saturated rings. The van der Waals surface area contributed by atoms with Crippen LogP contribution in [0.3, 0.4) is 0 Å². The molecular weight excluding hydrogens is 464 g/mol. The highest BCUT2D eigenvalue weighted by Gasteiger charge is 2.45. The number of hydrogen-bond acceptors (Lipinski definition) is 4. The van der Waals surface area contributed by atoms with Gasteiger partial charge in [-0.25, -0.2) is 0 Å². The molecule has 1 aliphatic heterocycles. The van der Waals surface area contributed by atoms with E-state index in [2.05, 4.69) is 5.32 Å². The van der Waals surface area contributed by atoms with Crippen LogP contribution >= 0.6 is 0 Å². The van der Waals surface area contributed by atoms with Gasteiger partial charge in [-0.2, -0.15) is 0 Å². The first-order valence-corrected chi connectivity index (χ1v) is 12.1. The van der Waals surface area contributed by atoms with Crippen LogP contribution in [0.2, 0.25) is 0 Å². The summed E-state index contributed by atoms with van der Waals surface area (Å²) in [7, 11) is 3.21. The van der Waals surface area contributed by atoms with Crippen molar-refractivity contribution in [3.8, 4) is 11.5 Å². The van der Waals surface area contributed by atoms with Gasteiger partial charge in [0.25, 0.3) is 5.91 Å². The fourth-order valence-electron chi connectivity index (χ4n) is 4.93. The van der Waals surface area contributed by atoms with Crippen LogP contribution in [0.25, 0.3) is 0 Å². The molecule has 0 bridgehead atoms. The maximum atomic E-state index is 14.0. The molecule has 0 radical (unpaired) electrons. The zero-order valence-electron chi connectivity index (χ0n) is 21.0. The normalized spacial score (nSPS) is 16.6. The third-order valence-electron chi connectivity index (χ3n) is 6.71. The maximum Gasteiger partial charge on any atom is 0.259 e. The maximum absolute atomic E-state index is 14.0. The van der Waals surface area contributed by atoms with Crippen LogP contribution in [0.5, 0.6) is 11.5 Å². The van der Waals surface area contributed by atoms with E-state index in [1.807, 2.05) is 97.9 Å². The molecule has 0 aromatic heterocycles. The molecule has 6 nitrogen and oxygen atoms in total. The Morgan fingerprint density at radius 3 is 2.11 bits per heavy atom. The predicted octanol–water partition coefficient (Wildman–Crippen LogP) is 6.14. The highest BCUT2D eigenvalue weighted by molar-refractivity contribution is 6.12. The fourth-order valence-corrected chi connectivity index (χ4v) is 4.93. The Labute approximate surface area is 216 Å². The molecule has 0 spiro atoms. The van der Waals surface area contributed by atoms with Crippen molar-refractivity contribution in [2.45, 2.75) is 18.9 Å². The third kappa shape index (κ3) is 4.66. The zero-order chi connectivity index (χ0) is 25.9. The number of fused-ring (bicyclic) bond motifs is 1. The van der Waals surface area contributed by atoms with E-state index in [0.717, 1.165) is 11.1 Å². The minimum atomic E-state index is -0.662. The lowest BCUT2D eigenvalue weighted by atomic mass is 9.78. The number of aryl methyl sites for hydroxylation is 1. The van der Waals surface area contributed by atoms with Crippen molar-refractivity contribution >= 4 is 23.2 Å². The molecule has 1 N–H and O–H groups in total. The standard InChI is InChI=1S/C31H28N2O4/c1-20-7-6-8-22(19-20)32-30(34)28-26-9-4-5-10-27(26)31(35)33(23-13-17-25(37-3)18-14-23)29(28)21-11-15-24(36-2)16-12-21/h4-19,28-29H,1-3H3,(H,32,34)/t28-,29+/m1/s1. The minimum Gasteiger partial charge on any atom is -0.497 e. The van der Waals surface area contributed by atoms with Gasteiger partial charge in [0, 0.05) is 16.9 Å². The number of anilines is 2. The lowest BCUT2D eigenvalue weighted by Gasteiger charge is -2.42. The SMILES string of the molecule is COc1ccc([C@H]2[C@H](C(=O)Nc3cccc(C)c3)c3ccccc3C(=O)N2c2ccc(OC)cc2)cc1. The third-order valence-corrected chi connectivity index (χ3v) is 6.71. The summed E-state index contributed by atoms with van der Waals surface area (Å²) >= 11 is 0. The molecule has 6 heteroatoms. The molecule has 2 atom stereocenters. The molecule has 1 heterocycles. The van der Waals surface area contributed by atoms with Gasteiger partial charge >= 0.3 is 0 Å². The van der Waals surface area contributed by atoms with E-state index in [1.165, 1.54) is 0 Å². The summed E-state index contributed by atoms with van der Waals surface area (Å²) in [6.45, 7) is 1.98. The van der Waals surface area contributed by atoms with Crippen LogP contribution < -0.4 is 19.7 Å². The predicted molar refractivity (Wildman–Crippen MR) is 145 cm³/mol. The van der Waals surface area contributed by atoms with Gasteiger partial charge in [0.2, 0.25) is 5.91 Å². The van der Waals surface area contributed by atoms with Crippen LogP contribution in [-0.4, -0.2) is 26.0 Å². The van der Waals surface area contributed by atoms with Gasteiger partial charge in [-0.1, -0.05) is 42.5 Å². The van der Waals surface area contributed by atoms with Crippen molar-refractivity contribution < 1.29 is 19.1 Å². The Morgan fingerprint density at radius 1 is 0.811 bits per heavy atom. The molecular formula is C31H28N2O4. The Bertz CT molecular complexity index is 1430. The summed E-state index contributed by atoms with van der Waals surface area (Å²) in [5, 5.41) is 3.10. The Kier molecular flexibility index (Phi) is 6.64. The first-order valence-electron chi connectivity index (χ1n) is 12.1. The average Bonchev–Trinajstić information content (AvgIpc) is 2.93. The summed E-state index contributed by atoms with van der Waals surface area (Å²) in [5.74, 6) is 0.363. The summed E-state index contributed by atoms with van der Waals surface area (Å²) in [5.41, 5.74) is 4.46. The van der Waals surface area contributed by atoms with Crippen molar-refractivity contribution in [3.63, 3.8) is 0 Å². The number of carbonyl (C=O) groups excluding carboxylic acids is 2. The number of hydrogen-bond donors (Lipinski definition) is 1. The minimum absolute atomic E-state index is 0.166. The number of rotatable bonds is 6.